The summed E-state index contributed by atoms with van der Waals surface area (Å²) in [5, 5.41) is 44.8. The van der Waals surface area contributed by atoms with Crippen molar-refractivity contribution in [3.8, 4) is 0 Å². The molecular weight excluding hydrogens is 811 g/mol. The molecule has 1 saturated heterocycles. The Morgan fingerprint density at radius 3 is 1.40 bits per heavy atom. The van der Waals surface area contributed by atoms with Crippen LogP contribution < -0.4 is 5.32 Å². The molecule has 0 saturated carbocycles. The zero-order chi connectivity index (χ0) is 45.5. The van der Waals surface area contributed by atoms with Crippen LogP contribution in [0, 0.1) is 0 Å². The van der Waals surface area contributed by atoms with E-state index in [4.69, 9.17) is 9.47 Å². The Hall–Kier alpha value is -1.16. The van der Waals surface area contributed by atoms with Crippen molar-refractivity contribution in [1.29, 1.82) is 0 Å². The van der Waals surface area contributed by atoms with E-state index in [1.54, 1.807) is 6.08 Å². The highest BCUT2D eigenvalue weighted by Gasteiger charge is 2.48. The fourth-order valence-electron chi connectivity index (χ4n) is 8.34. The molecule has 1 aliphatic rings. The molecule has 0 aromatic rings. The summed E-state index contributed by atoms with van der Waals surface area (Å²) in [6.07, 6.45) is 36.9. The van der Waals surface area contributed by atoms with Crippen molar-refractivity contribution in [3.63, 3.8) is 0 Å². The number of carbonyl (C=O) groups is 1. The van der Waals surface area contributed by atoms with E-state index in [2.05, 4.69) is 23.3 Å². The standard InChI is InChI=1S/C49H95NO11S/c1-3-5-7-9-11-13-15-17-18-19-20-21-22-23-24-25-26-27-28-30-32-34-36-38-43(52)42(50-45(53)39-37-35-33-31-29-16-14-12-10-8-6-4-2)41-59-49-47(55)48(61-62(56,57)58)46(54)44(40-51)60-49/h36,38,42-44,46-49,51-52,54-55H,3-35,37,39-41H2,1-2H3,(H,50,53)(H,56,57,58)/b38-36+. The number of hydrogen-bond acceptors (Lipinski definition) is 10. The molecule has 62 heavy (non-hydrogen) atoms. The van der Waals surface area contributed by atoms with Crippen LogP contribution in [0.1, 0.15) is 239 Å². The van der Waals surface area contributed by atoms with Gasteiger partial charge < -0.3 is 35.2 Å². The Balaban J connectivity index is 2.41. The molecule has 1 amide bonds. The lowest BCUT2D eigenvalue weighted by molar-refractivity contribution is -0.298. The highest BCUT2D eigenvalue weighted by molar-refractivity contribution is 7.80. The second kappa shape index (κ2) is 40.1. The predicted molar refractivity (Wildman–Crippen MR) is 250 cm³/mol. The second-order valence-electron chi connectivity index (χ2n) is 18.1. The molecule has 1 heterocycles. The van der Waals surface area contributed by atoms with E-state index in [0.29, 0.717) is 6.42 Å². The number of hydrogen-bond donors (Lipinski definition) is 6. The van der Waals surface area contributed by atoms with Crippen molar-refractivity contribution in [2.24, 2.45) is 0 Å². The number of aliphatic hydroxyl groups is 4. The molecule has 6 N–H and O–H groups in total. The molecule has 0 radical (unpaired) electrons. The maximum atomic E-state index is 13.0. The quantitative estimate of drug-likeness (QED) is 0.0194. The molecule has 0 aromatic heterocycles. The zero-order valence-corrected chi connectivity index (χ0v) is 40.3. The van der Waals surface area contributed by atoms with Crippen molar-refractivity contribution >= 4 is 16.3 Å². The van der Waals surface area contributed by atoms with Gasteiger partial charge in [0, 0.05) is 6.42 Å². The molecule has 7 atom stereocenters. The van der Waals surface area contributed by atoms with E-state index in [0.717, 1.165) is 38.5 Å². The molecule has 12 nitrogen and oxygen atoms in total. The average molecular weight is 906 g/mol. The van der Waals surface area contributed by atoms with E-state index in [1.807, 2.05) is 6.08 Å². The van der Waals surface area contributed by atoms with Gasteiger partial charge >= 0.3 is 10.4 Å². The van der Waals surface area contributed by atoms with E-state index in [1.165, 1.54) is 173 Å². The minimum absolute atomic E-state index is 0.260. The molecule has 0 aliphatic carbocycles. The van der Waals surface area contributed by atoms with Crippen molar-refractivity contribution in [1.82, 2.24) is 5.32 Å². The van der Waals surface area contributed by atoms with Crippen LogP contribution in [0.4, 0.5) is 0 Å². The highest BCUT2D eigenvalue weighted by Crippen LogP contribution is 2.26. The maximum Gasteiger partial charge on any atom is 0.397 e. The first-order valence-electron chi connectivity index (χ1n) is 25.6. The first-order valence-corrected chi connectivity index (χ1v) is 26.9. The third-order valence-corrected chi connectivity index (χ3v) is 12.8. The molecule has 1 fully saturated rings. The van der Waals surface area contributed by atoms with Crippen LogP contribution >= 0.6 is 0 Å². The summed E-state index contributed by atoms with van der Waals surface area (Å²) < 4.78 is 47.6. The van der Waals surface area contributed by atoms with Gasteiger partial charge in [-0.3, -0.25) is 9.35 Å². The molecule has 7 unspecified atom stereocenters. The van der Waals surface area contributed by atoms with Crippen molar-refractivity contribution in [2.45, 2.75) is 281 Å². The number of ether oxygens (including phenoxy) is 2. The molecule has 13 heteroatoms. The second-order valence-corrected chi connectivity index (χ2v) is 19.2. The van der Waals surface area contributed by atoms with Gasteiger partial charge in [0.05, 0.1) is 25.4 Å². The van der Waals surface area contributed by atoms with E-state index < -0.39 is 59.9 Å². The molecule has 0 spiro atoms. The van der Waals surface area contributed by atoms with Gasteiger partial charge in [-0.15, -0.1) is 0 Å². The highest BCUT2D eigenvalue weighted by atomic mass is 32.3. The number of rotatable bonds is 44. The Morgan fingerprint density at radius 1 is 0.629 bits per heavy atom. The van der Waals surface area contributed by atoms with Crippen LogP contribution in [-0.2, 0) is 28.9 Å². The zero-order valence-electron chi connectivity index (χ0n) is 39.5. The fourth-order valence-corrected chi connectivity index (χ4v) is 8.85. The first-order chi connectivity index (χ1) is 30.0. The van der Waals surface area contributed by atoms with Gasteiger partial charge in [-0.1, -0.05) is 225 Å². The summed E-state index contributed by atoms with van der Waals surface area (Å²) in [6, 6.07) is -0.938. The Bertz CT molecular complexity index is 1160. The summed E-state index contributed by atoms with van der Waals surface area (Å²) in [4.78, 5) is 13.0. The van der Waals surface area contributed by atoms with E-state index in [9.17, 15) is 38.2 Å². The largest absolute Gasteiger partial charge is 0.397 e. The van der Waals surface area contributed by atoms with Crippen LogP contribution in [0.2, 0.25) is 0 Å². The monoisotopic (exact) mass is 906 g/mol. The smallest absolute Gasteiger partial charge is 0.394 e. The van der Waals surface area contributed by atoms with Crippen molar-refractivity contribution in [2.75, 3.05) is 13.2 Å². The van der Waals surface area contributed by atoms with Gasteiger partial charge in [0.1, 0.15) is 24.4 Å². The minimum atomic E-state index is -5.08. The SMILES string of the molecule is CCCCCCCCCCCCCCCCCCCCCCC/C=C/C(O)C(COC1OC(CO)C(O)C(OS(=O)(=O)O)C1O)NC(=O)CCCCCCCCCCCCCC. The molecule has 0 bridgehead atoms. The number of amides is 1. The van der Waals surface area contributed by atoms with E-state index in [-0.39, 0.29) is 18.9 Å². The lowest BCUT2D eigenvalue weighted by Gasteiger charge is -2.41. The van der Waals surface area contributed by atoms with Gasteiger partial charge in [-0.05, 0) is 19.3 Å². The lowest BCUT2D eigenvalue weighted by Crippen LogP contribution is -2.61. The van der Waals surface area contributed by atoms with Gasteiger partial charge in [-0.2, -0.15) is 8.42 Å². The van der Waals surface area contributed by atoms with Crippen LogP contribution in [0.5, 0.6) is 0 Å². The topological polar surface area (TPSA) is 192 Å². The fraction of sp³-hybridized carbons (Fsp3) is 0.939. The summed E-state index contributed by atoms with van der Waals surface area (Å²) in [6.45, 7) is 3.40. The summed E-state index contributed by atoms with van der Waals surface area (Å²) in [5.41, 5.74) is 0. The van der Waals surface area contributed by atoms with Crippen LogP contribution in [0.3, 0.4) is 0 Å². The van der Waals surface area contributed by atoms with Crippen molar-refractivity contribution < 1.29 is 51.8 Å². The van der Waals surface area contributed by atoms with Crippen LogP contribution in [-0.4, -0.2) is 95.4 Å². The van der Waals surface area contributed by atoms with Gasteiger partial charge in [0.15, 0.2) is 6.29 Å². The molecule has 1 aliphatic heterocycles. The van der Waals surface area contributed by atoms with Crippen molar-refractivity contribution in [3.05, 3.63) is 12.2 Å². The number of unbranched alkanes of at least 4 members (excludes halogenated alkanes) is 32. The number of nitrogens with one attached hydrogen (secondary N) is 1. The number of allylic oxidation sites excluding steroid dienone is 1. The molecule has 0 aromatic carbocycles. The van der Waals surface area contributed by atoms with Crippen LogP contribution in [0.15, 0.2) is 12.2 Å². The number of aliphatic hydroxyl groups excluding tert-OH is 4. The normalized spacial score (nSPS) is 20.5. The lowest BCUT2D eigenvalue weighted by atomic mass is 9.99. The Labute approximate surface area is 379 Å². The van der Waals surface area contributed by atoms with Gasteiger partial charge in [0.25, 0.3) is 0 Å². The average Bonchev–Trinajstić information content (AvgIpc) is 3.24. The summed E-state index contributed by atoms with van der Waals surface area (Å²) >= 11 is 0. The Kier molecular flexibility index (Phi) is 38.1. The van der Waals surface area contributed by atoms with E-state index >= 15 is 0 Å². The maximum absolute atomic E-state index is 13.0. The Morgan fingerprint density at radius 2 is 1.02 bits per heavy atom. The number of carbonyl (C=O) groups excluding carboxylic acids is 1. The first kappa shape index (κ1) is 58.9. The van der Waals surface area contributed by atoms with Gasteiger partial charge in [0.2, 0.25) is 5.91 Å². The summed E-state index contributed by atoms with van der Waals surface area (Å²) in [7, 11) is -5.08. The summed E-state index contributed by atoms with van der Waals surface area (Å²) in [5.74, 6) is -0.260. The third-order valence-electron chi connectivity index (χ3n) is 12.3. The van der Waals surface area contributed by atoms with Crippen LogP contribution in [0.25, 0.3) is 0 Å². The predicted octanol–water partition coefficient (Wildman–Crippen LogP) is 10.7. The van der Waals surface area contributed by atoms with Gasteiger partial charge in [-0.25, -0.2) is 4.18 Å². The third kappa shape index (κ3) is 32.5. The molecule has 368 valence electrons. The minimum Gasteiger partial charge on any atom is -0.394 e. The molecule has 1 rings (SSSR count). The molecular formula is C49H95NO11S.